The number of benzene rings is 1. The van der Waals surface area contributed by atoms with Gasteiger partial charge in [-0.05, 0) is 30.5 Å². The second-order valence-corrected chi connectivity index (χ2v) is 5.89. The van der Waals surface area contributed by atoms with Crippen molar-refractivity contribution in [2.24, 2.45) is 0 Å². The molecule has 3 rings (SSSR count). The summed E-state index contributed by atoms with van der Waals surface area (Å²) in [5.41, 5.74) is 1.28. The van der Waals surface area contributed by atoms with E-state index in [9.17, 15) is 0 Å². The van der Waals surface area contributed by atoms with Gasteiger partial charge in [-0.3, -0.25) is 0 Å². The van der Waals surface area contributed by atoms with E-state index in [4.69, 9.17) is 0 Å². The zero-order valence-corrected chi connectivity index (χ0v) is 12.0. The van der Waals surface area contributed by atoms with Crippen LogP contribution in [-0.4, -0.2) is 14.8 Å². The van der Waals surface area contributed by atoms with E-state index < -0.39 is 0 Å². The Hall–Kier alpha value is -1.16. The lowest BCUT2D eigenvalue weighted by atomic mass is 10.0. The van der Waals surface area contributed by atoms with Crippen LogP contribution >= 0.6 is 15.9 Å². The summed E-state index contributed by atoms with van der Waals surface area (Å²) in [5.74, 6) is 2.79. The van der Waals surface area contributed by atoms with Gasteiger partial charge in [-0.15, -0.1) is 10.2 Å². The topological polar surface area (TPSA) is 30.7 Å². The minimum absolute atomic E-state index is 0.544. The Kier molecular flexibility index (Phi) is 3.20. The number of aromatic nitrogens is 3. The lowest BCUT2D eigenvalue weighted by Gasteiger charge is -2.20. The van der Waals surface area contributed by atoms with Gasteiger partial charge in [-0.25, -0.2) is 0 Å². The maximum absolute atomic E-state index is 4.37. The molecular formula is C14H16BrN3. The summed E-state index contributed by atoms with van der Waals surface area (Å²) >= 11 is 3.51. The molecule has 0 aliphatic carbocycles. The van der Waals surface area contributed by atoms with Crippen LogP contribution in [0.4, 0.5) is 0 Å². The van der Waals surface area contributed by atoms with E-state index >= 15 is 0 Å². The van der Waals surface area contributed by atoms with Crippen LogP contribution in [0.5, 0.6) is 0 Å². The third kappa shape index (κ3) is 2.21. The molecular weight excluding hydrogens is 290 g/mol. The van der Waals surface area contributed by atoms with Crippen LogP contribution in [0.15, 0.2) is 28.7 Å². The molecule has 0 fully saturated rings. The number of nitrogens with zero attached hydrogens (tertiary/aromatic N) is 3. The number of hydrogen-bond acceptors (Lipinski definition) is 2. The summed E-state index contributed by atoms with van der Waals surface area (Å²) in [4.78, 5) is 0. The van der Waals surface area contributed by atoms with Crippen LogP contribution in [0, 0.1) is 0 Å². The van der Waals surface area contributed by atoms with Gasteiger partial charge >= 0.3 is 0 Å². The number of rotatable bonds is 2. The Morgan fingerprint density at radius 3 is 3.11 bits per heavy atom. The summed E-state index contributed by atoms with van der Waals surface area (Å²) < 4.78 is 3.42. The van der Waals surface area contributed by atoms with Crippen molar-refractivity contribution in [2.75, 3.05) is 0 Å². The molecule has 3 nitrogen and oxygen atoms in total. The van der Waals surface area contributed by atoms with Gasteiger partial charge in [-0.1, -0.05) is 35.0 Å². The molecule has 1 aliphatic heterocycles. The highest BCUT2D eigenvalue weighted by Gasteiger charge is 2.21. The molecule has 0 saturated heterocycles. The van der Waals surface area contributed by atoms with Crippen molar-refractivity contribution in [1.29, 1.82) is 0 Å². The monoisotopic (exact) mass is 305 g/mol. The van der Waals surface area contributed by atoms with Gasteiger partial charge in [0, 0.05) is 23.4 Å². The van der Waals surface area contributed by atoms with Gasteiger partial charge in [0.1, 0.15) is 11.6 Å². The van der Waals surface area contributed by atoms with Gasteiger partial charge in [0.25, 0.3) is 0 Å². The summed E-state index contributed by atoms with van der Waals surface area (Å²) in [6.07, 6.45) is 3.33. The maximum atomic E-state index is 4.37. The van der Waals surface area contributed by atoms with Gasteiger partial charge in [0.05, 0.1) is 0 Å². The SMILES string of the molecule is CC1CCCn2c(Cc3cccc(Br)c3)nnc21. The largest absolute Gasteiger partial charge is 0.314 e. The first kappa shape index (κ1) is 11.9. The Balaban J connectivity index is 1.90. The number of hydrogen-bond donors (Lipinski definition) is 0. The van der Waals surface area contributed by atoms with Crippen LogP contribution in [0.2, 0.25) is 0 Å². The van der Waals surface area contributed by atoms with Gasteiger partial charge in [0.2, 0.25) is 0 Å². The molecule has 94 valence electrons. The highest BCUT2D eigenvalue weighted by Crippen LogP contribution is 2.26. The molecule has 1 aromatic heterocycles. The summed E-state index contributed by atoms with van der Waals surface area (Å²) in [7, 11) is 0. The van der Waals surface area contributed by atoms with Crippen LogP contribution in [0.25, 0.3) is 0 Å². The van der Waals surface area contributed by atoms with Crippen LogP contribution in [0.3, 0.4) is 0 Å². The number of halogens is 1. The molecule has 1 aromatic carbocycles. The molecule has 18 heavy (non-hydrogen) atoms. The van der Waals surface area contributed by atoms with Gasteiger partial charge < -0.3 is 4.57 Å². The van der Waals surface area contributed by atoms with Crippen molar-refractivity contribution >= 4 is 15.9 Å². The molecule has 0 bridgehead atoms. The molecule has 4 heteroatoms. The smallest absolute Gasteiger partial charge is 0.137 e. The molecule has 2 aromatic rings. The van der Waals surface area contributed by atoms with Crippen molar-refractivity contribution in [1.82, 2.24) is 14.8 Å². The fourth-order valence-corrected chi connectivity index (χ4v) is 3.05. The molecule has 0 saturated carbocycles. The average molecular weight is 306 g/mol. The number of fused-ring (bicyclic) bond motifs is 1. The summed E-state index contributed by atoms with van der Waals surface area (Å²) in [6.45, 7) is 3.30. The van der Waals surface area contributed by atoms with E-state index in [1.165, 1.54) is 18.4 Å². The Bertz CT molecular complexity index is 562. The second kappa shape index (κ2) is 4.84. The van der Waals surface area contributed by atoms with E-state index in [0.29, 0.717) is 5.92 Å². The van der Waals surface area contributed by atoms with Crippen molar-refractivity contribution < 1.29 is 0 Å². The zero-order valence-electron chi connectivity index (χ0n) is 10.4. The van der Waals surface area contributed by atoms with Crippen LogP contribution in [0.1, 0.15) is 42.9 Å². The van der Waals surface area contributed by atoms with E-state index in [0.717, 1.165) is 29.1 Å². The van der Waals surface area contributed by atoms with Gasteiger partial charge in [-0.2, -0.15) is 0 Å². The Morgan fingerprint density at radius 1 is 1.39 bits per heavy atom. The minimum Gasteiger partial charge on any atom is -0.314 e. The lowest BCUT2D eigenvalue weighted by Crippen LogP contribution is -2.16. The molecule has 0 spiro atoms. The average Bonchev–Trinajstić information content (AvgIpc) is 2.74. The fraction of sp³-hybridized carbons (Fsp3) is 0.429. The fourth-order valence-electron chi connectivity index (χ4n) is 2.60. The zero-order chi connectivity index (χ0) is 12.5. The molecule has 0 N–H and O–H groups in total. The van der Waals surface area contributed by atoms with Crippen LogP contribution in [-0.2, 0) is 13.0 Å². The molecule has 0 radical (unpaired) electrons. The molecule has 1 atom stereocenters. The van der Waals surface area contributed by atoms with Crippen molar-refractivity contribution in [3.8, 4) is 0 Å². The van der Waals surface area contributed by atoms with Crippen molar-refractivity contribution in [2.45, 2.75) is 38.6 Å². The van der Waals surface area contributed by atoms with Gasteiger partial charge in [0.15, 0.2) is 0 Å². The van der Waals surface area contributed by atoms with Crippen molar-refractivity contribution in [3.05, 3.63) is 46.0 Å². The molecule has 1 aliphatic rings. The van der Waals surface area contributed by atoms with E-state index in [-0.39, 0.29) is 0 Å². The van der Waals surface area contributed by atoms with E-state index in [1.807, 2.05) is 6.07 Å². The first-order valence-corrected chi connectivity index (χ1v) is 7.20. The molecule has 2 heterocycles. The first-order chi connectivity index (χ1) is 8.74. The summed E-state index contributed by atoms with van der Waals surface area (Å²) in [6, 6.07) is 8.40. The quantitative estimate of drug-likeness (QED) is 0.850. The predicted octanol–water partition coefficient (Wildman–Crippen LogP) is 3.53. The standard InChI is InChI=1S/C14H16BrN3/c1-10-4-3-7-18-13(16-17-14(10)18)9-11-5-2-6-12(15)8-11/h2,5-6,8,10H,3-4,7,9H2,1H3. The molecule has 1 unspecified atom stereocenters. The van der Waals surface area contributed by atoms with E-state index in [2.05, 4.69) is 55.8 Å². The third-order valence-corrected chi connectivity index (χ3v) is 4.06. The van der Waals surface area contributed by atoms with E-state index in [1.54, 1.807) is 0 Å². The van der Waals surface area contributed by atoms with Crippen molar-refractivity contribution in [3.63, 3.8) is 0 Å². The Morgan fingerprint density at radius 2 is 2.28 bits per heavy atom. The summed E-state index contributed by atoms with van der Waals surface area (Å²) in [5, 5.41) is 8.73. The van der Waals surface area contributed by atoms with Crippen LogP contribution < -0.4 is 0 Å². The minimum atomic E-state index is 0.544. The predicted molar refractivity (Wildman–Crippen MR) is 74.6 cm³/mol. The molecule has 0 amide bonds. The second-order valence-electron chi connectivity index (χ2n) is 4.98. The Labute approximate surface area is 115 Å². The maximum Gasteiger partial charge on any atom is 0.137 e. The highest BCUT2D eigenvalue weighted by molar-refractivity contribution is 9.10. The highest BCUT2D eigenvalue weighted by atomic mass is 79.9. The normalized spacial score (nSPS) is 18.7. The third-order valence-electron chi connectivity index (χ3n) is 3.57. The first-order valence-electron chi connectivity index (χ1n) is 6.40. The lowest BCUT2D eigenvalue weighted by molar-refractivity contribution is 0.456.